The van der Waals surface area contributed by atoms with Gasteiger partial charge in [-0.25, -0.2) is 14.1 Å². The van der Waals surface area contributed by atoms with Crippen molar-refractivity contribution in [3.05, 3.63) is 41.7 Å². The Morgan fingerprint density at radius 3 is 2.96 bits per heavy atom. The number of fused-ring (bicyclic) bond motifs is 1. The van der Waals surface area contributed by atoms with E-state index in [1.54, 1.807) is 6.07 Å². The molecule has 1 atom stereocenters. The zero-order valence-electron chi connectivity index (χ0n) is 13.1. The van der Waals surface area contributed by atoms with Crippen molar-refractivity contribution in [1.29, 1.82) is 0 Å². The molecule has 0 fully saturated rings. The lowest BCUT2D eigenvalue weighted by atomic mass is 9.92. The van der Waals surface area contributed by atoms with E-state index in [1.165, 1.54) is 18.5 Å². The maximum Gasteiger partial charge on any atom is 0.308 e. The summed E-state index contributed by atoms with van der Waals surface area (Å²) in [5, 5.41) is 13.6. The van der Waals surface area contributed by atoms with Gasteiger partial charge in [0.25, 0.3) is 0 Å². The highest BCUT2D eigenvalue weighted by atomic mass is 19.1. The monoisotopic (exact) mass is 318 g/mol. The van der Waals surface area contributed by atoms with Crippen LogP contribution < -0.4 is 4.90 Å². The zero-order valence-corrected chi connectivity index (χ0v) is 13.1. The fourth-order valence-electron chi connectivity index (χ4n) is 3.02. The number of aromatic nitrogens is 3. The Bertz CT molecular complexity index is 729. The van der Waals surface area contributed by atoms with Gasteiger partial charge in [0.2, 0.25) is 0 Å². The Kier molecular flexibility index (Phi) is 4.02. The van der Waals surface area contributed by atoms with Crippen LogP contribution in [0.15, 0.2) is 24.5 Å². The normalized spacial score (nSPS) is 17.4. The molecule has 0 bridgehead atoms. The molecule has 1 aromatic carbocycles. The van der Waals surface area contributed by atoms with Crippen LogP contribution in [0.1, 0.15) is 31.3 Å². The lowest BCUT2D eigenvalue weighted by Crippen LogP contribution is -2.39. The third-order valence-corrected chi connectivity index (χ3v) is 4.11. The van der Waals surface area contributed by atoms with Gasteiger partial charge >= 0.3 is 5.97 Å². The largest absolute Gasteiger partial charge is 0.481 e. The molecule has 2 aromatic rings. The number of hydrogen-bond donors (Lipinski definition) is 1. The molecule has 1 aromatic heterocycles. The molecule has 0 aliphatic carbocycles. The first-order valence-corrected chi connectivity index (χ1v) is 7.60. The van der Waals surface area contributed by atoms with Gasteiger partial charge in [-0.2, -0.15) is 5.10 Å². The van der Waals surface area contributed by atoms with Gasteiger partial charge in [0.05, 0.1) is 12.5 Å². The predicted octanol–water partition coefficient (Wildman–Crippen LogP) is 2.26. The van der Waals surface area contributed by atoms with E-state index in [9.17, 15) is 14.3 Å². The molecule has 0 amide bonds. The van der Waals surface area contributed by atoms with E-state index in [0.29, 0.717) is 19.5 Å². The van der Waals surface area contributed by atoms with Crippen LogP contribution in [0.2, 0.25) is 0 Å². The lowest BCUT2D eigenvalue weighted by Gasteiger charge is -2.34. The number of nitrogens with zero attached hydrogens (tertiary/aromatic N) is 4. The lowest BCUT2D eigenvalue weighted by molar-refractivity contribution is -0.141. The third kappa shape index (κ3) is 3.04. The van der Waals surface area contributed by atoms with Crippen molar-refractivity contribution in [3.63, 3.8) is 0 Å². The van der Waals surface area contributed by atoms with E-state index in [4.69, 9.17) is 0 Å². The van der Waals surface area contributed by atoms with Gasteiger partial charge in [-0.3, -0.25) is 4.79 Å². The third-order valence-electron chi connectivity index (χ3n) is 4.11. The Balaban J connectivity index is 1.94. The number of rotatable bonds is 4. The first-order chi connectivity index (χ1) is 11.0. The van der Waals surface area contributed by atoms with Crippen molar-refractivity contribution >= 4 is 11.7 Å². The van der Waals surface area contributed by atoms with Gasteiger partial charge in [-0.15, -0.1) is 0 Å². The summed E-state index contributed by atoms with van der Waals surface area (Å²) in [6.45, 7) is 4.84. The van der Waals surface area contributed by atoms with E-state index in [0.717, 1.165) is 17.1 Å². The minimum Gasteiger partial charge on any atom is -0.481 e. The van der Waals surface area contributed by atoms with Crippen LogP contribution in [0, 0.1) is 11.7 Å². The smallest absolute Gasteiger partial charge is 0.308 e. The number of benzene rings is 1. The van der Waals surface area contributed by atoms with Gasteiger partial charge in [0.15, 0.2) is 0 Å². The molecule has 1 aliphatic rings. The van der Waals surface area contributed by atoms with Crippen LogP contribution in [0.5, 0.6) is 0 Å². The van der Waals surface area contributed by atoms with E-state index >= 15 is 0 Å². The average Bonchev–Trinajstić information content (AvgIpc) is 2.94. The fraction of sp³-hybridized carbons (Fsp3) is 0.438. The molecule has 122 valence electrons. The minimum absolute atomic E-state index is 0.167. The molecule has 1 unspecified atom stereocenters. The Morgan fingerprint density at radius 2 is 2.26 bits per heavy atom. The molecule has 6 nitrogen and oxygen atoms in total. The molecule has 0 saturated carbocycles. The zero-order chi connectivity index (χ0) is 16.6. The van der Waals surface area contributed by atoms with Gasteiger partial charge in [-0.05, 0) is 44.0 Å². The molecule has 2 heterocycles. The quantitative estimate of drug-likeness (QED) is 0.936. The first-order valence-electron chi connectivity index (χ1n) is 7.60. The fourth-order valence-corrected chi connectivity index (χ4v) is 3.02. The Hall–Kier alpha value is -2.44. The second kappa shape index (κ2) is 5.98. The van der Waals surface area contributed by atoms with Gasteiger partial charge in [-0.1, -0.05) is 0 Å². The van der Waals surface area contributed by atoms with Crippen molar-refractivity contribution in [2.45, 2.75) is 32.9 Å². The second-order valence-corrected chi connectivity index (χ2v) is 6.11. The number of carboxylic acid groups (broad SMARTS) is 1. The Labute approximate surface area is 133 Å². The molecular weight excluding hydrogens is 299 g/mol. The van der Waals surface area contributed by atoms with Crippen molar-refractivity contribution in [3.8, 4) is 0 Å². The summed E-state index contributed by atoms with van der Waals surface area (Å²) < 4.78 is 15.3. The Morgan fingerprint density at radius 1 is 1.48 bits per heavy atom. The summed E-state index contributed by atoms with van der Waals surface area (Å²) in [5.41, 5.74) is 1.58. The van der Waals surface area contributed by atoms with Crippen LogP contribution in [0.4, 0.5) is 10.1 Å². The van der Waals surface area contributed by atoms with Crippen molar-refractivity contribution in [1.82, 2.24) is 14.8 Å². The summed E-state index contributed by atoms with van der Waals surface area (Å²) in [6, 6.07) is 4.70. The number of halogens is 1. The van der Waals surface area contributed by atoms with E-state index in [1.807, 2.05) is 23.4 Å². The van der Waals surface area contributed by atoms with Crippen LogP contribution in [0.25, 0.3) is 0 Å². The molecule has 3 rings (SSSR count). The number of carboxylic acids is 1. The van der Waals surface area contributed by atoms with Crippen LogP contribution in [-0.4, -0.2) is 32.4 Å². The molecule has 23 heavy (non-hydrogen) atoms. The summed E-state index contributed by atoms with van der Waals surface area (Å²) >= 11 is 0. The second-order valence-electron chi connectivity index (χ2n) is 6.11. The highest BCUT2D eigenvalue weighted by Gasteiger charge is 2.30. The van der Waals surface area contributed by atoms with Gasteiger partial charge in [0, 0.05) is 18.3 Å². The molecule has 0 spiro atoms. The number of aliphatic carboxylic acids is 1. The highest BCUT2D eigenvalue weighted by molar-refractivity contribution is 5.73. The summed E-state index contributed by atoms with van der Waals surface area (Å²) in [4.78, 5) is 17.6. The summed E-state index contributed by atoms with van der Waals surface area (Å²) in [6.07, 6.45) is 1.84. The van der Waals surface area contributed by atoms with E-state index < -0.39 is 11.9 Å². The highest BCUT2D eigenvalue weighted by Crippen LogP contribution is 2.31. The van der Waals surface area contributed by atoms with Crippen molar-refractivity contribution in [2.75, 3.05) is 11.4 Å². The SMILES string of the molecule is CC(C)n1ncnc1CN1CC(C(=O)O)Cc2cc(F)ccc21. The standard InChI is InChI=1S/C16H19FN4O2/c1-10(2)21-15(18-9-19-21)8-20-7-12(16(22)23)5-11-6-13(17)3-4-14(11)20/h3-4,6,9-10,12H,5,7-8H2,1-2H3,(H,22,23). The number of carbonyl (C=O) groups is 1. The maximum atomic E-state index is 13.5. The summed E-state index contributed by atoms with van der Waals surface area (Å²) in [7, 11) is 0. The number of hydrogen-bond acceptors (Lipinski definition) is 4. The van der Waals surface area contributed by atoms with Crippen LogP contribution in [-0.2, 0) is 17.8 Å². The molecule has 7 heteroatoms. The maximum absolute atomic E-state index is 13.5. The molecule has 1 aliphatic heterocycles. The van der Waals surface area contributed by atoms with E-state index in [-0.39, 0.29) is 11.9 Å². The van der Waals surface area contributed by atoms with Gasteiger partial charge in [0.1, 0.15) is 18.0 Å². The molecular formula is C16H19FN4O2. The topological polar surface area (TPSA) is 71.2 Å². The number of anilines is 1. The average molecular weight is 318 g/mol. The first kappa shape index (κ1) is 15.5. The minimum atomic E-state index is -0.866. The van der Waals surface area contributed by atoms with Crippen LogP contribution >= 0.6 is 0 Å². The molecule has 1 N–H and O–H groups in total. The van der Waals surface area contributed by atoms with Crippen LogP contribution in [0.3, 0.4) is 0 Å². The molecule has 0 saturated heterocycles. The predicted molar refractivity (Wildman–Crippen MR) is 82.7 cm³/mol. The molecule has 0 radical (unpaired) electrons. The van der Waals surface area contributed by atoms with E-state index in [2.05, 4.69) is 10.1 Å². The van der Waals surface area contributed by atoms with Crippen molar-refractivity contribution in [2.24, 2.45) is 5.92 Å². The van der Waals surface area contributed by atoms with Gasteiger partial charge < -0.3 is 10.0 Å². The summed E-state index contributed by atoms with van der Waals surface area (Å²) in [5.74, 6) is -1.00. The van der Waals surface area contributed by atoms with Crippen molar-refractivity contribution < 1.29 is 14.3 Å².